The summed E-state index contributed by atoms with van der Waals surface area (Å²) in [5.41, 5.74) is -0.560. The molecule has 5 nitrogen and oxygen atoms in total. The van der Waals surface area contributed by atoms with Gasteiger partial charge in [-0.05, 0) is 32.2 Å². The first-order valence-electron chi connectivity index (χ1n) is 7.19. The fourth-order valence-corrected chi connectivity index (χ4v) is 2.93. The average Bonchev–Trinajstić information content (AvgIpc) is 3.11. The lowest BCUT2D eigenvalue weighted by molar-refractivity contribution is -0.386. The molecule has 1 saturated heterocycles. The molecule has 1 atom stereocenters. The van der Waals surface area contributed by atoms with E-state index in [2.05, 4.69) is 5.32 Å². The van der Waals surface area contributed by atoms with Gasteiger partial charge in [-0.25, -0.2) is 4.39 Å². The summed E-state index contributed by atoms with van der Waals surface area (Å²) in [7, 11) is 0. The molecule has 2 aliphatic rings. The third-order valence-corrected chi connectivity index (χ3v) is 4.07. The molecule has 0 amide bonds. The van der Waals surface area contributed by atoms with Gasteiger partial charge in [-0.1, -0.05) is 0 Å². The number of hydrogen-bond donors (Lipinski definition) is 1. The van der Waals surface area contributed by atoms with E-state index in [-0.39, 0.29) is 17.8 Å². The van der Waals surface area contributed by atoms with Crippen LogP contribution in [0.25, 0.3) is 0 Å². The van der Waals surface area contributed by atoms with Crippen LogP contribution >= 0.6 is 0 Å². The zero-order valence-electron chi connectivity index (χ0n) is 11.5. The van der Waals surface area contributed by atoms with Crippen LogP contribution < -0.4 is 10.2 Å². The van der Waals surface area contributed by atoms with Gasteiger partial charge in [0.25, 0.3) is 0 Å². The van der Waals surface area contributed by atoms with Crippen molar-refractivity contribution in [2.45, 2.75) is 37.8 Å². The lowest BCUT2D eigenvalue weighted by Crippen LogP contribution is -2.39. The maximum absolute atomic E-state index is 13.8. The first-order valence-corrected chi connectivity index (χ1v) is 7.19. The molecule has 21 heavy (non-hydrogen) atoms. The Labute approximate surface area is 121 Å². The Morgan fingerprint density at radius 2 is 2.10 bits per heavy atom. The third-order valence-electron chi connectivity index (χ3n) is 4.07. The molecule has 0 bridgehead atoms. The fraction of sp³-hybridized carbons (Fsp3) is 0.571. The van der Waals surface area contributed by atoms with Crippen LogP contribution in [0.5, 0.6) is 0 Å². The van der Waals surface area contributed by atoms with Crippen LogP contribution in [0.1, 0.15) is 25.7 Å². The number of anilines is 1. The Morgan fingerprint density at radius 1 is 1.33 bits per heavy atom. The van der Waals surface area contributed by atoms with E-state index in [0.29, 0.717) is 12.6 Å². The Hall–Kier alpha value is -1.76. The van der Waals surface area contributed by atoms with E-state index in [4.69, 9.17) is 0 Å². The second kappa shape index (κ2) is 5.55. The minimum absolute atomic E-state index is 0.0636. The molecule has 1 heterocycles. The molecule has 2 fully saturated rings. The summed E-state index contributed by atoms with van der Waals surface area (Å²) in [5, 5.41) is 14.5. The van der Waals surface area contributed by atoms with Crippen LogP contribution in [-0.4, -0.2) is 30.1 Å². The molecule has 7 heteroatoms. The molecule has 0 radical (unpaired) electrons. The van der Waals surface area contributed by atoms with E-state index in [0.717, 1.165) is 38.3 Å². The number of hydrogen-bond acceptors (Lipinski definition) is 4. The quantitative estimate of drug-likeness (QED) is 0.670. The second-order valence-corrected chi connectivity index (χ2v) is 5.69. The van der Waals surface area contributed by atoms with Gasteiger partial charge in [0, 0.05) is 30.8 Å². The fourth-order valence-electron chi connectivity index (χ4n) is 2.93. The van der Waals surface area contributed by atoms with Crippen molar-refractivity contribution in [2.24, 2.45) is 0 Å². The normalized spacial score (nSPS) is 21.5. The largest absolute Gasteiger partial charge is 0.361 e. The van der Waals surface area contributed by atoms with Crippen LogP contribution in [0.2, 0.25) is 0 Å². The lowest BCUT2D eigenvalue weighted by atomic mass is 10.1. The maximum atomic E-state index is 13.8. The molecule has 1 unspecified atom stereocenters. The number of nitrogens with one attached hydrogen (secondary N) is 1. The Morgan fingerprint density at radius 3 is 2.67 bits per heavy atom. The molecule has 1 aromatic carbocycles. The summed E-state index contributed by atoms with van der Waals surface area (Å²) in [6.07, 6.45) is 3.85. The zero-order chi connectivity index (χ0) is 15.0. The van der Waals surface area contributed by atoms with Crippen LogP contribution in [-0.2, 0) is 0 Å². The Balaban J connectivity index is 1.96. The minimum Gasteiger partial charge on any atom is -0.361 e. The van der Waals surface area contributed by atoms with Gasteiger partial charge in [0.05, 0.1) is 4.92 Å². The molecule has 0 aromatic heterocycles. The predicted octanol–water partition coefficient (Wildman–Crippen LogP) is 2.59. The molecule has 114 valence electrons. The highest BCUT2D eigenvalue weighted by atomic mass is 19.1. The summed E-state index contributed by atoms with van der Waals surface area (Å²) >= 11 is 0. The van der Waals surface area contributed by atoms with Crippen molar-refractivity contribution in [3.8, 4) is 0 Å². The SMILES string of the molecule is O=[N+]([O-])c1c(F)cc(F)cc1N(CC1CCCN1)C1CC1. The highest BCUT2D eigenvalue weighted by molar-refractivity contribution is 5.65. The zero-order valence-corrected chi connectivity index (χ0v) is 11.5. The van der Waals surface area contributed by atoms with Gasteiger partial charge in [0.15, 0.2) is 0 Å². The number of nitro groups is 1. The minimum atomic E-state index is -1.11. The lowest BCUT2D eigenvalue weighted by Gasteiger charge is -2.27. The number of halogens is 2. The molecule has 1 N–H and O–H groups in total. The Kier molecular flexibility index (Phi) is 3.75. The van der Waals surface area contributed by atoms with E-state index in [1.54, 1.807) is 4.90 Å². The van der Waals surface area contributed by atoms with E-state index in [1.165, 1.54) is 0 Å². The van der Waals surface area contributed by atoms with Gasteiger partial charge >= 0.3 is 5.69 Å². The van der Waals surface area contributed by atoms with Crippen molar-refractivity contribution in [1.29, 1.82) is 0 Å². The smallest absolute Gasteiger partial charge is 0.328 e. The molecule has 3 rings (SSSR count). The topological polar surface area (TPSA) is 58.4 Å². The maximum Gasteiger partial charge on any atom is 0.328 e. The van der Waals surface area contributed by atoms with Crippen LogP contribution in [0.3, 0.4) is 0 Å². The van der Waals surface area contributed by atoms with Crippen molar-refractivity contribution in [3.63, 3.8) is 0 Å². The van der Waals surface area contributed by atoms with E-state index < -0.39 is 22.2 Å². The van der Waals surface area contributed by atoms with Gasteiger partial charge < -0.3 is 10.2 Å². The molecule has 1 aromatic rings. The highest BCUT2D eigenvalue weighted by Gasteiger charge is 2.36. The van der Waals surface area contributed by atoms with Gasteiger partial charge in [-0.15, -0.1) is 0 Å². The average molecular weight is 297 g/mol. The summed E-state index contributed by atoms with van der Waals surface area (Å²) in [6, 6.07) is 2.01. The molecular weight excluding hydrogens is 280 g/mol. The number of rotatable bonds is 5. The van der Waals surface area contributed by atoms with Crippen LogP contribution in [0.15, 0.2) is 12.1 Å². The summed E-state index contributed by atoms with van der Waals surface area (Å²) < 4.78 is 27.3. The highest BCUT2D eigenvalue weighted by Crippen LogP contribution is 2.39. The monoisotopic (exact) mass is 297 g/mol. The summed E-state index contributed by atoms with van der Waals surface area (Å²) in [6.45, 7) is 1.47. The predicted molar refractivity (Wildman–Crippen MR) is 74.4 cm³/mol. The molecule has 1 aliphatic carbocycles. The number of benzene rings is 1. The van der Waals surface area contributed by atoms with Crippen molar-refractivity contribution in [2.75, 3.05) is 18.0 Å². The van der Waals surface area contributed by atoms with Gasteiger partial charge in [-0.2, -0.15) is 4.39 Å². The van der Waals surface area contributed by atoms with E-state index >= 15 is 0 Å². The van der Waals surface area contributed by atoms with Crippen molar-refractivity contribution in [1.82, 2.24) is 5.32 Å². The number of nitrogens with zero attached hydrogens (tertiary/aromatic N) is 2. The van der Waals surface area contributed by atoms with Crippen LogP contribution in [0.4, 0.5) is 20.2 Å². The van der Waals surface area contributed by atoms with Crippen molar-refractivity contribution in [3.05, 3.63) is 33.9 Å². The van der Waals surface area contributed by atoms with E-state index in [1.807, 2.05) is 0 Å². The summed E-state index contributed by atoms with van der Waals surface area (Å²) in [5.74, 6) is -1.89. The van der Waals surface area contributed by atoms with Crippen LogP contribution in [0, 0.1) is 21.7 Å². The number of nitro benzene ring substituents is 1. The first-order chi connectivity index (χ1) is 10.1. The van der Waals surface area contributed by atoms with Gasteiger partial charge in [0.2, 0.25) is 5.82 Å². The standard InChI is InChI=1S/C14H17F2N3O2/c15-9-6-12(16)14(19(20)21)13(7-9)18(11-3-4-11)8-10-2-1-5-17-10/h6-7,10-11,17H,1-5,8H2. The van der Waals surface area contributed by atoms with E-state index in [9.17, 15) is 18.9 Å². The molecule has 0 spiro atoms. The molecule has 1 saturated carbocycles. The van der Waals surface area contributed by atoms with Crippen molar-refractivity contribution >= 4 is 11.4 Å². The third kappa shape index (κ3) is 2.97. The molecule has 1 aliphatic heterocycles. The summed E-state index contributed by atoms with van der Waals surface area (Å²) in [4.78, 5) is 12.2. The van der Waals surface area contributed by atoms with Crippen molar-refractivity contribution < 1.29 is 13.7 Å². The molecular formula is C14H17F2N3O2. The van der Waals surface area contributed by atoms with Gasteiger partial charge in [0.1, 0.15) is 11.5 Å². The van der Waals surface area contributed by atoms with Gasteiger partial charge in [-0.3, -0.25) is 10.1 Å². The first kappa shape index (κ1) is 14.2. The Bertz CT molecular complexity index is 557. The second-order valence-electron chi connectivity index (χ2n) is 5.69.